The molecule has 2 aromatic rings. The summed E-state index contributed by atoms with van der Waals surface area (Å²) in [6.45, 7) is 1.46. The number of nitrogens with one attached hydrogen (secondary N) is 1. The summed E-state index contributed by atoms with van der Waals surface area (Å²) in [6, 6.07) is 9.89. The zero-order chi connectivity index (χ0) is 13.9. The summed E-state index contributed by atoms with van der Waals surface area (Å²) < 4.78 is 5.76. The average molecular weight is 309 g/mol. The maximum atomic E-state index is 12.3. The monoisotopic (exact) mass is 308 g/mol. The van der Waals surface area contributed by atoms with Crippen molar-refractivity contribution in [3.05, 3.63) is 36.1 Å². The molecule has 21 heavy (non-hydrogen) atoms. The van der Waals surface area contributed by atoms with Crippen LogP contribution in [-0.2, 0) is 11.3 Å². The van der Waals surface area contributed by atoms with Crippen molar-refractivity contribution in [3.8, 4) is 0 Å². The van der Waals surface area contributed by atoms with E-state index < -0.39 is 0 Å². The molecule has 1 aliphatic rings. The number of piperidine rings is 1. The molecule has 1 fully saturated rings. The molecule has 0 aliphatic carbocycles. The molecule has 1 saturated heterocycles. The highest BCUT2D eigenvalue weighted by atomic mass is 35.5. The Hall–Kier alpha value is -1.52. The Kier molecular flexibility index (Phi) is 5.26. The van der Waals surface area contributed by atoms with Gasteiger partial charge in [0.1, 0.15) is 11.3 Å². The molecule has 1 aliphatic heterocycles. The van der Waals surface area contributed by atoms with E-state index in [4.69, 9.17) is 4.42 Å². The van der Waals surface area contributed by atoms with Crippen molar-refractivity contribution >= 4 is 29.3 Å². The molecule has 1 N–H and O–H groups in total. The molecular weight excluding hydrogens is 288 g/mol. The summed E-state index contributed by atoms with van der Waals surface area (Å²) >= 11 is 0. The first-order valence-electron chi connectivity index (χ1n) is 7.20. The Morgan fingerprint density at radius 2 is 2.19 bits per heavy atom. The lowest BCUT2D eigenvalue weighted by Crippen LogP contribution is -2.46. The van der Waals surface area contributed by atoms with E-state index in [0.29, 0.717) is 6.54 Å². The first-order chi connectivity index (χ1) is 9.74. The summed E-state index contributed by atoms with van der Waals surface area (Å²) in [5.41, 5.74) is 0.874. The van der Waals surface area contributed by atoms with Gasteiger partial charge in [-0.25, -0.2) is 0 Å². The molecule has 3 rings (SSSR count). The molecule has 2 heterocycles. The Morgan fingerprint density at radius 1 is 1.38 bits per heavy atom. The average Bonchev–Trinajstić information content (AvgIpc) is 2.89. The van der Waals surface area contributed by atoms with Gasteiger partial charge in [0.15, 0.2) is 0 Å². The fourth-order valence-electron chi connectivity index (χ4n) is 2.76. The van der Waals surface area contributed by atoms with Crippen LogP contribution in [0, 0.1) is 0 Å². The number of hydrogen-bond acceptors (Lipinski definition) is 3. The second-order valence-corrected chi connectivity index (χ2v) is 5.45. The topological polar surface area (TPSA) is 45.5 Å². The third kappa shape index (κ3) is 3.57. The highest BCUT2D eigenvalue weighted by molar-refractivity contribution is 5.85. The molecule has 114 valence electrons. The number of carbonyl (C=O) groups is 1. The standard InChI is InChI=1S/C16H20N2O2.ClH/c1-18(16(19)14-7-4-5-9-17-14)11-13-10-12-6-2-3-8-15(12)20-13;/h2-3,6,8,10,14,17H,4-5,7,9,11H2,1H3;1H. The number of benzene rings is 1. The van der Waals surface area contributed by atoms with Crippen molar-refractivity contribution in [2.75, 3.05) is 13.6 Å². The molecule has 0 radical (unpaired) electrons. The van der Waals surface area contributed by atoms with Crippen LogP contribution in [0.2, 0.25) is 0 Å². The Balaban J connectivity index is 0.00000161. The van der Waals surface area contributed by atoms with E-state index in [1.807, 2.05) is 37.4 Å². The van der Waals surface area contributed by atoms with E-state index >= 15 is 0 Å². The minimum absolute atomic E-state index is 0. The molecule has 5 heteroatoms. The van der Waals surface area contributed by atoms with Gasteiger partial charge in [-0.15, -0.1) is 12.4 Å². The second-order valence-electron chi connectivity index (χ2n) is 5.45. The van der Waals surface area contributed by atoms with Gasteiger partial charge >= 0.3 is 0 Å². The molecule has 1 aromatic heterocycles. The van der Waals surface area contributed by atoms with Gasteiger partial charge in [0.05, 0.1) is 12.6 Å². The lowest BCUT2D eigenvalue weighted by atomic mass is 10.0. The number of fused-ring (bicyclic) bond motifs is 1. The molecule has 0 bridgehead atoms. The molecule has 1 unspecified atom stereocenters. The number of furan rings is 1. The minimum atomic E-state index is -0.0295. The number of nitrogens with zero attached hydrogens (tertiary/aromatic N) is 1. The third-order valence-electron chi connectivity index (χ3n) is 3.85. The van der Waals surface area contributed by atoms with Gasteiger partial charge in [0, 0.05) is 12.4 Å². The van der Waals surface area contributed by atoms with Gasteiger partial charge in [-0.05, 0) is 31.5 Å². The maximum absolute atomic E-state index is 12.3. The van der Waals surface area contributed by atoms with E-state index in [1.54, 1.807) is 4.90 Å². The van der Waals surface area contributed by atoms with E-state index in [-0.39, 0.29) is 24.4 Å². The molecule has 0 saturated carbocycles. The Labute approximate surface area is 130 Å². The highest BCUT2D eigenvalue weighted by Gasteiger charge is 2.24. The molecule has 1 atom stereocenters. The van der Waals surface area contributed by atoms with Gasteiger partial charge in [0.2, 0.25) is 5.91 Å². The summed E-state index contributed by atoms with van der Waals surface area (Å²) in [7, 11) is 1.84. The van der Waals surface area contributed by atoms with Gasteiger partial charge in [-0.2, -0.15) is 0 Å². The van der Waals surface area contributed by atoms with Crippen molar-refractivity contribution in [1.29, 1.82) is 0 Å². The van der Waals surface area contributed by atoms with E-state index in [0.717, 1.165) is 42.5 Å². The lowest BCUT2D eigenvalue weighted by Gasteiger charge is -2.26. The van der Waals surface area contributed by atoms with Crippen molar-refractivity contribution in [1.82, 2.24) is 10.2 Å². The summed E-state index contributed by atoms with van der Waals surface area (Å²) in [6.07, 6.45) is 3.22. The largest absolute Gasteiger partial charge is 0.459 e. The van der Waals surface area contributed by atoms with Crippen LogP contribution < -0.4 is 5.32 Å². The highest BCUT2D eigenvalue weighted by Crippen LogP contribution is 2.20. The molecule has 4 nitrogen and oxygen atoms in total. The van der Waals surface area contributed by atoms with Crippen LogP contribution in [0.1, 0.15) is 25.0 Å². The van der Waals surface area contributed by atoms with Crippen LogP contribution in [0.4, 0.5) is 0 Å². The van der Waals surface area contributed by atoms with Gasteiger partial charge in [0.25, 0.3) is 0 Å². The SMILES string of the molecule is CN(Cc1cc2ccccc2o1)C(=O)C1CCCCN1.Cl. The maximum Gasteiger partial charge on any atom is 0.239 e. The number of carbonyl (C=O) groups excluding carboxylic acids is 1. The quantitative estimate of drug-likeness (QED) is 0.948. The van der Waals surface area contributed by atoms with Crippen molar-refractivity contribution < 1.29 is 9.21 Å². The van der Waals surface area contributed by atoms with Crippen LogP contribution in [0.15, 0.2) is 34.7 Å². The molecule has 0 spiro atoms. The lowest BCUT2D eigenvalue weighted by molar-refractivity contribution is -0.133. The van der Waals surface area contributed by atoms with E-state index in [9.17, 15) is 4.79 Å². The molecule has 1 amide bonds. The first kappa shape index (κ1) is 15.9. The zero-order valence-electron chi connectivity index (χ0n) is 12.2. The van der Waals surface area contributed by atoms with Crippen LogP contribution in [-0.4, -0.2) is 30.4 Å². The normalized spacial score (nSPS) is 18.2. The number of halogens is 1. The van der Waals surface area contributed by atoms with Crippen molar-refractivity contribution in [3.63, 3.8) is 0 Å². The fraction of sp³-hybridized carbons (Fsp3) is 0.438. The van der Waals surface area contributed by atoms with Gasteiger partial charge in [-0.3, -0.25) is 4.79 Å². The number of likely N-dealkylation sites (N-methyl/N-ethyl adjacent to an activating group) is 1. The first-order valence-corrected chi connectivity index (χ1v) is 7.20. The third-order valence-corrected chi connectivity index (χ3v) is 3.85. The second kappa shape index (κ2) is 6.96. The predicted octanol–water partition coefficient (Wildman–Crippen LogP) is 2.96. The Bertz CT molecular complexity index is 572. The minimum Gasteiger partial charge on any atom is -0.459 e. The van der Waals surface area contributed by atoms with Crippen LogP contribution >= 0.6 is 12.4 Å². The molecule has 1 aromatic carbocycles. The smallest absolute Gasteiger partial charge is 0.239 e. The zero-order valence-corrected chi connectivity index (χ0v) is 13.0. The number of hydrogen-bond donors (Lipinski definition) is 1. The van der Waals surface area contributed by atoms with Gasteiger partial charge < -0.3 is 14.6 Å². The van der Waals surface area contributed by atoms with E-state index in [2.05, 4.69) is 5.32 Å². The Morgan fingerprint density at radius 3 is 2.90 bits per heavy atom. The number of amides is 1. The van der Waals surface area contributed by atoms with Crippen LogP contribution in [0.5, 0.6) is 0 Å². The predicted molar refractivity (Wildman–Crippen MR) is 85.6 cm³/mol. The number of para-hydroxylation sites is 1. The summed E-state index contributed by atoms with van der Waals surface area (Å²) in [5, 5.41) is 4.37. The summed E-state index contributed by atoms with van der Waals surface area (Å²) in [4.78, 5) is 14.1. The number of rotatable bonds is 3. The molecular formula is C16H21ClN2O2. The van der Waals surface area contributed by atoms with Crippen molar-refractivity contribution in [2.45, 2.75) is 31.8 Å². The van der Waals surface area contributed by atoms with E-state index in [1.165, 1.54) is 0 Å². The van der Waals surface area contributed by atoms with Gasteiger partial charge in [-0.1, -0.05) is 24.6 Å². The van der Waals surface area contributed by atoms with Crippen LogP contribution in [0.25, 0.3) is 11.0 Å². The van der Waals surface area contributed by atoms with Crippen molar-refractivity contribution in [2.24, 2.45) is 0 Å². The fourth-order valence-corrected chi connectivity index (χ4v) is 2.76. The summed E-state index contributed by atoms with van der Waals surface area (Å²) in [5.74, 6) is 0.989. The van der Waals surface area contributed by atoms with Crippen LogP contribution in [0.3, 0.4) is 0 Å².